The number of anilines is 1. The van der Waals surface area contributed by atoms with Crippen molar-refractivity contribution in [1.82, 2.24) is 0 Å². The molecule has 5 nitrogen and oxygen atoms in total. The maximum absolute atomic E-state index is 13.1. The van der Waals surface area contributed by atoms with Gasteiger partial charge in [-0.05, 0) is 18.2 Å². The predicted molar refractivity (Wildman–Crippen MR) is 53.0 cm³/mol. The summed E-state index contributed by atoms with van der Waals surface area (Å²) in [4.78, 5) is 0. The number of benzene rings is 1. The third-order valence-corrected chi connectivity index (χ3v) is 2.18. The zero-order valence-electron chi connectivity index (χ0n) is 7.64. The molecule has 0 fully saturated rings. The SMILES string of the molecule is NCC(O)c1cc(NS(=O)[O-])ccc1F. The number of hydrogen-bond donors (Lipinski definition) is 3. The van der Waals surface area contributed by atoms with Crippen molar-refractivity contribution in [1.29, 1.82) is 0 Å². The highest BCUT2D eigenvalue weighted by molar-refractivity contribution is 7.80. The van der Waals surface area contributed by atoms with Crippen molar-refractivity contribution in [2.75, 3.05) is 11.3 Å². The molecule has 0 aliphatic carbocycles. The number of nitrogens with one attached hydrogen (secondary N) is 1. The van der Waals surface area contributed by atoms with Gasteiger partial charge in [-0.15, -0.1) is 0 Å². The number of aliphatic hydroxyl groups excluding tert-OH is 1. The molecule has 1 aromatic rings. The van der Waals surface area contributed by atoms with Crippen LogP contribution in [0.1, 0.15) is 11.7 Å². The van der Waals surface area contributed by atoms with Gasteiger partial charge in [-0.3, -0.25) is 4.21 Å². The van der Waals surface area contributed by atoms with Crippen LogP contribution in [-0.2, 0) is 11.3 Å². The highest BCUT2D eigenvalue weighted by Gasteiger charge is 2.11. The van der Waals surface area contributed by atoms with Crippen molar-refractivity contribution in [3.05, 3.63) is 29.6 Å². The molecule has 4 N–H and O–H groups in total. The van der Waals surface area contributed by atoms with E-state index < -0.39 is 23.2 Å². The molecular formula is C8H10FN2O3S-. The monoisotopic (exact) mass is 233 g/mol. The van der Waals surface area contributed by atoms with E-state index in [-0.39, 0.29) is 17.8 Å². The van der Waals surface area contributed by atoms with Crippen LogP contribution in [0.15, 0.2) is 18.2 Å². The van der Waals surface area contributed by atoms with Gasteiger partial charge in [-0.25, -0.2) is 4.39 Å². The molecule has 0 bridgehead atoms. The molecule has 1 aromatic carbocycles. The zero-order chi connectivity index (χ0) is 11.4. The van der Waals surface area contributed by atoms with Gasteiger partial charge >= 0.3 is 0 Å². The third kappa shape index (κ3) is 3.24. The van der Waals surface area contributed by atoms with E-state index in [9.17, 15) is 18.3 Å². The third-order valence-electron chi connectivity index (χ3n) is 1.78. The Hall–Kier alpha value is -1.02. The van der Waals surface area contributed by atoms with Gasteiger partial charge in [-0.1, -0.05) is 0 Å². The molecular weight excluding hydrogens is 223 g/mol. The molecule has 0 saturated carbocycles. The second-order valence-electron chi connectivity index (χ2n) is 2.82. The van der Waals surface area contributed by atoms with Crippen LogP contribution >= 0.6 is 0 Å². The normalized spacial score (nSPS) is 14.7. The zero-order valence-corrected chi connectivity index (χ0v) is 8.46. The summed E-state index contributed by atoms with van der Waals surface area (Å²) >= 11 is -2.48. The van der Waals surface area contributed by atoms with Gasteiger partial charge in [0.05, 0.1) is 6.10 Å². The smallest absolute Gasteiger partial charge is 0.129 e. The van der Waals surface area contributed by atoms with E-state index in [0.717, 1.165) is 6.07 Å². The van der Waals surface area contributed by atoms with E-state index in [2.05, 4.69) is 0 Å². The molecule has 0 saturated heterocycles. The van der Waals surface area contributed by atoms with Crippen molar-refractivity contribution in [2.45, 2.75) is 6.10 Å². The Morgan fingerprint density at radius 1 is 1.67 bits per heavy atom. The number of hydrogen-bond acceptors (Lipinski definition) is 4. The summed E-state index contributed by atoms with van der Waals surface area (Å²) in [7, 11) is 0. The lowest BCUT2D eigenvalue weighted by atomic mass is 10.1. The summed E-state index contributed by atoms with van der Waals surface area (Å²) < 4.78 is 35.8. The second kappa shape index (κ2) is 5.17. The first-order valence-corrected chi connectivity index (χ1v) is 5.15. The molecule has 0 radical (unpaired) electrons. The van der Waals surface area contributed by atoms with Crippen LogP contribution < -0.4 is 10.5 Å². The minimum atomic E-state index is -2.48. The first-order chi connectivity index (χ1) is 7.04. The Morgan fingerprint density at radius 2 is 2.33 bits per heavy atom. The molecule has 15 heavy (non-hydrogen) atoms. The van der Waals surface area contributed by atoms with Crippen LogP contribution in [0.2, 0.25) is 0 Å². The fourth-order valence-corrected chi connectivity index (χ4v) is 1.41. The van der Waals surface area contributed by atoms with Crippen molar-refractivity contribution < 1.29 is 18.3 Å². The van der Waals surface area contributed by atoms with Crippen LogP contribution in [0, 0.1) is 5.82 Å². The average Bonchev–Trinajstić information content (AvgIpc) is 2.19. The van der Waals surface area contributed by atoms with Crippen LogP contribution in [0.25, 0.3) is 0 Å². The van der Waals surface area contributed by atoms with E-state index in [0.29, 0.717) is 0 Å². The van der Waals surface area contributed by atoms with Gasteiger partial charge in [0.15, 0.2) is 0 Å². The molecule has 0 aliphatic heterocycles. The first kappa shape index (κ1) is 12.1. The van der Waals surface area contributed by atoms with Gasteiger partial charge in [0, 0.05) is 29.1 Å². The largest absolute Gasteiger partial charge is 0.755 e. The average molecular weight is 233 g/mol. The lowest BCUT2D eigenvalue weighted by Gasteiger charge is -2.13. The molecule has 0 spiro atoms. The molecule has 0 amide bonds. The Balaban J connectivity index is 2.99. The Morgan fingerprint density at radius 3 is 2.87 bits per heavy atom. The lowest BCUT2D eigenvalue weighted by Crippen LogP contribution is -2.13. The lowest BCUT2D eigenvalue weighted by molar-refractivity contribution is 0.182. The fourth-order valence-electron chi connectivity index (χ4n) is 1.09. The summed E-state index contributed by atoms with van der Waals surface area (Å²) in [5, 5.41) is 9.32. The van der Waals surface area contributed by atoms with Crippen molar-refractivity contribution in [2.24, 2.45) is 5.73 Å². The maximum Gasteiger partial charge on any atom is 0.129 e. The van der Waals surface area contributed by atoms with E-state index in [4.69, 9.17) is 5.73 Å². The standard InChI is InChI=1S/C8H11FN2O3S/c9-7-2-1-5(11-15(13)14)3-6(7)8(12)4-10/h1-3,8,11-12H,4,10H2,(H,13,14)/p-1. The Labute approximate surface area is 88.5 Å². The van der Waals surface area contributed by atoms with Crippen molar-refractivity contribution >= 4 is 17.0 Å². The van der Waals surface area contributed by atoms with Crippen LogP contribution in [0.4, 0.5) is 10.1 Å². The van der Waals surface area contributed by atoms with E-state index in [1.165, 1.54) is 12.1 Å². The van der Waals surface area contributed by atoms with E-state index in [1.54, 1.807) is 0 Å². The van der Waals surface area contributed by atoms with Crippen molar-refractivity contribution in [3.63, 3.8) is 0 Å². The maximum atomic E-state index is 13.1. The number of aliphatic hydroxyl groups is 1. The summed E-state index contributed by atoms with van der Waals surface area (Å²) in [6, 6.07) is 3.50. The van der Waals surface area contributed by atoms with Gasteiger partial charge in [-0.2, -0.15) is 0 Å². The summed E-state index contributed by atoms with van der Waals surface area (Å²) in [6.45, 7) is -0.138. The summed E-state index contributed by atoms with van der Waals surface area (Å²) in [6.07, 6.45) is -1.15. The molecule has 0 aromatic heterocycles. The molecule has 0 aliphatic rings. The molecule has 7 heteroatoms. The Kier molecular flexibility index (Phi) is 4.15. The van der Waals surface area contributed by atoms with E-state index in [1.807, 2.05) is 4.72 Å². The van der Waals surface area contributed by atoms with Crippen LogP contribution in [0.5, 0.6) is 0 Å². The van der Waals surface area contributed by atoms with Crippen LogP contribution in [0.3, 0.4) is 0 Å². The predicted octanol–water partition coefficient (Wildman–Crippen LogP) is 0.0238. The van der Waals surface area contributed by atoms with Gasteiger partial charge in [0.25, 0.3) is 0 Å². The van der Waals surface area contributed by atoms with Gasteiger partial charge in [0.1, 0.15) is 5.82 Å². The quantitative estimate of drug-likeness (QED) is 0.638. The number of halogens is 1. The minimum absolute atomic E-state index is 0.0343. The summed E-state index contributed by atoms with van der Waals surface area (Å²) in [5.41, 5.74) is 5.30. The number of rotatable bonds is 4. The molecule has 2 atom stereocenters. The fraction of sp³-hybridized carbons (Fsp3) is 0.250. The first-order valence-electron chi connectivity index (χ1n) is 4.08. The molecule has 2 unspecified atom stereocenters. The molecule has 0 heterocycles. The highest BCUT2D eigenvalue weighted by Crippen LogP contribution is 2.20. The Bertz CT molecular complexity index is 375. The number of nitrogens with two attached hydrogens (primary N) is 1. The minimum Gasteiger partial charge on any atom is -0.755 e. The molecule has 1 rings (SSSR count). The second-order valence-corrected chi connectivity index (χ2v) is 3.50. The van der Waals surface area contributed by atoms with Crippen molar-refractivity contribution in [3.8, 4) is 0 Å². The topological polar surface area (TPSA) is 98.4 Å². The van der Waals surface area contributed by atoms with Gasteiger partial charge in [0.2, 0.25) is 0 Å². The van der Waals surface area contributed by atoms with Crippen LogP contribution in [-0.4, -0.2) is 20.4 Å². The summed E-state index contributed by atoms with van der Waals surface area (Å²) in [5.74, 6) is -0.629. The van der Waals surface area contributed by atoms with E-state index >= 15 is 0 Å². The molecule has 84 valence electrons. The van der Waals surface area contributed by atoms with Gasteiger partial charge < -0.3 is 20.1 Å². The highest BCUT2D eigenvalue weighted by atomic mass is 32.2.